The molecule has 20 heavy (non-hydrogen) atoms. The Morgan fingerprint density at radius 1 is 1.45 bits per heavy atom. The van der Waals surface area contributed by atoms with Crippen molar-refractivity contribution in [1.82, 2.24) is 4.90 Å². The number of nitrogens with zero attached hydrogens (tertiary/aromatic N) is 1. The van der Waals surface area contributed by atoms with Crippen molar-refractivity contribution in [2.24, 2.45) is 0 Å². The van der Waals surface area contributed by atoms with Crippen LogP contribution in [0.25, 0.3) is 0 Å². The van der Waals surface area contributed by atoms with E-state index in [0.29, 0.717) is 19.7 Å². The standard InChI is InChI=1S/C15H21F2NO2/c1-10-7-18(15(2,3)9-20-10)8-14(19)12-5-4-11(16)6-13(12)17/h4-6,10,14,19H,7-9H2,1-3H3. The first-order valence-corrected chi connectivity index (χ1v) is 6.79. The molecular formula is C15H21F2NO2. The van der Waals surface area contributed by atoms with Gasteiger partial charge in [-0.3, -0.25) is 4.90 Å². The van der Waals surface area contributed by atoms with E-state index in [9.17, 15) is 13.9 Å². The molecule has 0 saturated carbocycles. The molecule has 112 valence electrons. The van der Waals surface area contributed by atoms with Gasteiger partial charge in [0.05, 0.1) is 18.8 Å². The molecule has 2 unspecified atom stereocenters. The zero-order chi connectivity index (χ0) is 14.9. The van der Waals surface area contributed by atoms with Crippen LogP contribution in [0.15, 0.2) is 18.2 Å². The normalized spacial score (nSPS) is 24.6. The van der Waals surface area contributed by atoms with Crippen LogP contribution in [0.3, 0.4) is 0 Å². The second-order valence-electron chi connectivity index (χ2n) is 6.02. The fourth-order valence-electron chi connectivity index (χ4n) is 2.45. The van der Waals surface area contributed by atoms with Gasteiger partial charge in [0.2, 0.25) is 0 Å². The topological polar surface area (TPSA) is 32.7 Å². The molecule has 2 rings (SSSR count). The molecule has 0 aromatic heterocycles. The molecule has 0 spiro atoms. The average Bonchev–Trinajstić information content (AvgIpc) is 2.34. The van der Waals surface area contributed by atoms with Gasteiger partial charge in [-0.25, -0.2) is 8.78 Å². The highest BCUT2D eigenvalue weighted by Crippen LogP contribution is 2.26. The lowest BCUT2D eigenvalue weighted by Crippen LogP contribution is -2.56. The number of benzene rings is 1. The first-order valence-electron chi connectivity index (χ1n) is 6.79. The van der Waals surface area contributed by atoms with Crippen LogP contribution in [0.4, 0.5) is 8.78 Å². The van der Waals surface area contributed by atoms with Crippen LogP contribution in [0, 0.1) is 11.6 Å². The highest BCUT2D eigenvalue weighted by Gasteiger charge is 2.35. The number of aliphatic hydroxyl groups is 1. The van der Waals surface area contributed by atoms with E-state index in [1.165, 1.54) is 6.07 Å². The van der Waals surface area contributed by atoms with Gasteiger partial charge in [-0.05, 0) is 26.8 Å². The minimum absolute atomic E-state index is 0.0771. The van der Waals surface area contributed by atoms with Crippen LogP contribution in [-0.4, -0.2) is 41.3 Å². The van der Waals surface area contributed by atoms with E-state index < -0.39 is 17.7 Å². The third kappa shape index (κ3) is 3.34. The van der Waals surface area contributed by atoms with Crippen LogP contribution in [0.5, 0.6) is 0 Å². The highest BCUT2D eigenvalue weighted by atomic mass is 19.1. The number of halogens is 2. The van der Waals surface area contributed by atoms with Gasteiger partial charge in [-0.1, -0.05) is 6.07 Å². The van der Waals surface area contributed by atoms with Crippen LogP contribution >= 0.6 is 0 Å². The van der Waals surface area contributed by atoms with Crippen molar-refractivity contribution in [3.05, 3.63) is 35.4 Å². The SMILES string of the molecule is CC1CN(CC(O)c2ccc(F)cc2F)C(C)(C)CO1. The van der Waals surface area contributed by atoms with Gasteiger partial charge in [0.25, 0.3) is 0 Å². The number of hydrogen-bond acceptors (Lipinski definition) is 3. The van der Waals surface area contributed by atoms with Gasteiger partial charge in [0.1, 0.15) is 11.6 Å². The minimum atomic E-state index is -0.986. The molecule has 1 aliphatic heterocycles. The van der Waals surface area contributed by atoms with E-state index in [2.05, 4.69) is 4.90 Å². The van der Waals surface area contributed by atoms with E-state index in [-0.39, 0.29) is 17.2 Å². The molecule has 1 aromatic rings. The summed E-state index contributed by atoms with van der Waals surface area (Å²) in [6.45, 7) is 7.54. The van der Waals surface area contributed by atoms with Gasteiger partial charge < -0.3 is 9.84 Å². The quantitative estimate of drug-likeness (QED) is 0.926. The monoisotopic (exact) mass is 285 g/mol. The Kier molecular flexibility index (Phi) is 4.42. The third-order valence-corrected chi connectivity index (χ3v) is 3.77. The summed E-state index contributed by atoms with van der Waals surface area (Å²) >= 11 is 0. The van der Waals surface area contributed by atoms with E-state index in [0.717, 1.165) is 12.1 Å². The van der Waals surface area contributed by atoms with E-state index in [1.807, 2.05) is 20.8 Å². The molecule has 0 amide bonds. The maximum absolute atomic E-state index is 13.7. The molecule has 2 atom stereocenters. The summed E-state index contributed by atoms with van der Waals surface area (Å²) in [7, 11) is 0. The molecule has 3 nitrogen and oxygen atoms in total. The van der Waals surface area contributed by atoms with Crippen LogP contribution in [0.2, 0.25) is 0 Å². The minimum Gasteiger partial charge on any atom is -0.387 e. The number of rotatable bonds is 3. The van der Waals surface area contributed by atoms with Crippen LogP contribution in [0.1, 0.15) is 32.4 Å². The molecular weight excluding hydrogens is 264 g/mol. The maximum Gasteiger partial charge on any atom is 0.131 e. The van der Waals surface area contributed by atoms with Crippen molar-refractivity contribution in [2.45, 2.75) is 38.5 Å². The van der Waals surface area contributed by atoms with Crippen molar-refractivity contribution in [2.75, 3.05) is 19.7 Å². The Bertz CT molecular complexity index is 479. The van der Waals surface area contributed by atoms with Crippen molar-refractivity contribution < 1.29 is 18.6 Å². The summed E-state index contributed by atoms with van der Waals surface area (Å²) in [5, 5.41) is 10.2. The number of ether oxygens (including phenoxy) is 1. The molecule has 1 aliphatic rings. The summed E-state index contributed by atoms with van der Waals surface area (Å²) in [6, 6.07) is 3.26. The second kappa shape index (κ2) is 5.76. The maximum atomic E-state index is 13.7. The molecule has 1 saturated heterocycles. The number of hydrogen-bond donors (Lipinski definition) is 1. The largest absolute Gasteiger partial charge is 0.387 e. The lowest BCUT2D eigenvalue weighted by molar-refractivity contribution is -0.102. The van der Waals surface area contributed by atoms with Crippen LogP contribution < -0.4 is 0 Å². The number of aliphatic hydroxyl groups excluding tert-OH is 1. The zero-order valence-corrected chi connectivity index (χ0v) is 12.1. The zero-order valence-electron chi connectivity index (χ0n) is 12.1. The third-order valence-electron chi connectivity index (χ3n) is 3.77. The van der Waals surface area contributed by atoms with Gasteiger partial charge in [0, 0.05) is 30.3 Å². The Morgan fingerprint density at radius 2 is 2.15 bits per heavy atom. The number of morpholine rings is 1. The van der Waals surface area contributed by atoms with Crippen LogP contribution in [-0.2, 0) is 4.74 Å². The Morgan fingerprint density at radius 3 is 2.80 bits per heavy atom. The lowest BCUT2D eigenvalue weighted by atomic mass is 9.99. The van der Waals surface area contributed by atoms with E-state index in [4.69, 9.17) is 4.74 Å². The molecule has 5 heteroatoms. The predicted octanol–water partition coefficient (Wildman–Crippen LogP) is 2.50. The van der Waals surface area contributed by atoms with Gasteiger partial charge in [-0.15, -0.1) is 0 Å². The Hall–Kier alpha value is -1.04. The van der Waals surface area contributed by atoms with Gasteiger partial charge >= 0.3 is 0 Å². The van der Waals surface area contributed by atoms with Crippen molar-refractivity contribution in [1.29, 1.82) is 0 Å². The average molecular weight is 285 g/mol. The highest BCUT2D eigenvalue weighted by molar-refractivity contribution is 5.21. The molecule has 0 aliphatic carbocycles. The van der Waals surface area contributed by atoms with Crippen molar-refractivity contribution in [3.8, 4) is 0 Å². The Labute approximate surface area is 118 Å². The first kappa shape index (κ1) is 15.4. The summed E-state index contributed by atoms with van der Waals surface area (Å²) in [5.74, 6) is -1.35. The number of β-amino-alcohol motifs (C(OH)–C–C–N with tert-alkyl or cyclic N) is 1. The summed E-state index contributed by atoms with van der Waals surface area (Å²) in [5.41, 5.74) is -0.0920. The van der Waals surface area contributed by atoms with Crippen molar-refractivity contribution >= 4 is 0 Å². The first-order chi connectivity index (χ1) is 9.29. The smallest absolute Gasteiger partial charge is 0.131 e. The lowest BCUT2D eigenvalue weighted by Gasteiger charge is -2.45. The molecule has 1 N–H and O–H groups in total. The molecule has 0 bridgehead atoms. The fourth-order valence-corrected chi connectivity index (χ4v) is 2.45. The van der Waals surface area contributed by atoms with Gasteiger partial charge in [0.15, 0.2) is 0 Å². The molecule has 1 aromatic carbocycles. The van der Waals surface area contributed by atoms with E-state index in [1.54, 1.807) is 0 Å². The van der Waals surface area contributed by atoms with Crippen molar-refractivity contribution in [3.63, 3.8) is 0 Å². The molecule has 1 fully saturated rings. The summed E-state index contributed by atoms with van der Waals surface area (Å²) in [6.07, 6.45) is -0.909. The predicted molar refractivity (Wildman–Crippen MR) is 72.4 cm³/mol. The molecule has 1 heterocycles. The molecule has 0 radical (unpaired) electrons. The summed E-state index contributed by atoms with van der Waals surface area (Å²) < 4.78 is 32.2. The summed E-state index contributed by atoms with van der Waals surface area (Å²) in [4.78, 5) is 2.08. The Balaban J connectivity index is 2.11. The fraction of sp³-hybridized carbons (Fsp3) is 0.600. The van der Waals surface area contributed by atoms with E-state index >= 15 is 0 Å². The second-order valence-corrected chi connectivity index (χ2v) is 6.02. The van der Waals surface area contributed by atoms with Gasteiger partial charge in [-0.2, -0.15) is 0 Å².